The van der Waals surface area contributed by atoms with Gasteiger partial charge in [0, 0.05) is 52.0 Å². The summed E-state index contributed by atoms with van der Waals surface area (Å²) in [7, 11) is 1.83. The fourth-order valence-electron chi connectivity index (χ4n) is 4.51. The lowest BCUT2D eigenvalue weighted by molar-refractivity contribution is 0.0529. The van der Waals surface area contributed by atoms with E-state index in [1.807, 2.05) is 13.2 Å². The number of nitrogens with one attached hydrogen (secondary N) is 2. The number of anilines is 1. The zero-order valence-corrected chi connectivity index (χ0v) is 19.3. The molecule has 0 aliphatic carbocycles. The third-order valence-electron chi connectivity index (χ3n) is 6.29. The topological polar surface area (TPSA) is 65.0 Å². The van der Waals surface area contributed by atoms with Gasteiger partial charge in [0.1, 0.15) is 5.82 Å². The van der Waals surface area contributed by atoms with Gasteiger partial charge in [-0.05, 0) is 43.5 Å². The third kappa shape index (κ3) is 6.20. The largest absolute Gasteiger partial charge is 0.375 e. The average Bonchev–Trinajstić information content (AvgIpc) is 3.27. The number of morpholine rings is 1. The molecule has 0 radical (unpaired) electrons. The molecule has 1 aromatic heterocycles. The summed E-state index contributed by atoms with van der Waals surface area (Å²) >= 11 is 0. The van der Waals surface area contributed by atoms with Crippen molar-refractivity contribution in [3.05, 3.63) is 59.8 Å². The second-order valence-corrected chi connectivity index (χ2v) is 8.71. The predicted octanol–water partition coefficient (Wildman–Crippen LogP) is 2.64. The monoisotopic (exact) mass is 436 g/mol. The lowest BCUT2D eigenvalue weighted by atomic mass is 10.2. The first-order valence-electron chi connectivity index (χ1n) is 11.8. The number of likely N-dealkylation sites (tertiary alicyclic amines) is 1. The Hall–Kier alpha value is -2.64. The van der Waals surface area contributed by atoms with Gasteiger partial charge in [0.25, 0.3) is 0 Å². The van der Waals surface area contributed by atoms with Gasteiger partial charge in [-0.3, -0.25) is 9.89 Å². The summed E-state index contributed by atoms with van der Waals surface area (Å²) in [6, 6.07) is 15.5. The van der Waals surface area contributed by atoms with Gasteiger partial charge in [-0.2, -0.15) is 0 Å². The van der Waals surface area contributed by atoms with Crippen LogP contribution in [-0.2, 0) is 17.8 Å². The number of guanidine groups is 1. The van der Waals surface area contributed by atoms with E-state index in [9.17, 15) is 0 Å². The number of benzene rings is 1. The molecule has 0 amide bonds. The SMILES string of the molecule is CN=C(NCc1ccc(N2CCOC(C)C2)nc1)NCC1CCCN1Cc1ccccc1. The molecule has 2 atom stereocenters. The zero-order chi connectivity index (χ0) is 22.2. The molecule has 172 valence electrons. The van der Waals surface area contributed by atoms with Crippen molar-refractivity contribution in [1.29, 1.82) is 0 Å². The normalized spacial score (nSPS) is 22.2. The zero-order valence-electron chi connectivity index (χ0n) is 19.3. The Morgan fingerprint density at radius 2 is 2.00 bits per heavy atom. The van der Waals surface area contributed by atoms with Crippen LogP contribution in [0.15, 0.2) is 53.7 Å². The van der Waals surface area contributed by atoms with Crippen molar-refractivity contribution < 1.29 is 4.74 Å². The molecule has 0 spiro atoms. The molecule has 7 heteroatoms. The van der Waals surface area contributed by atoms with E-state index in [1.54, 1.807) is 0 Å². The molecule has 2 N–H and O–H groups in total. The van der Waals surface area contributed by atoms with Crippen molar-refractivity contribution in [3.8, 4) is 0 Å². The Morgan fingerprint density at radius 1 is 1.12 bits per heavy atom. The minimum atomic E-state index is 0.254. The van der Waals surface area contributed by atoms with Crippen LogP contribution in [0.2, 0.25) is 0 Å². The van der Waals surface area contributed by atoms with Crippen molar-refractivity contribution in [2.45, 2.75) is 45.0 Å². The Balaban J connectivity index is 1.23. The Labute approximate surface area is 191 Å². The van der Waals surface area contributed by atoms with Crippen LogP contribution in [0.25, 0.3) is 0 Å². The highest BCUT2D eigenvalue weighted by Gasteiger charge is 2.24. The molecule has 2 fully saturated rings. The fourth-order valence-corrected chi connectivity index (χ4v) is 4.51. The molecular formula is C25H36N6O. The highest BCUT2D eigenvalue weighted by Crippen LogP contribution is 2.19. The maximum Gasteiger partial charge on any atom is 0.191 e. The van der Waals surface area contributed by atoms with Gasteiger partial charge in [-0.25, -0.2) is 4.98 Å². The van der Waals surface area contributed by atoms with Crippen molar-refractivity contribution in [2.24, 2.45) is 4.99 Å². The minimum Gasteiger partial charge on any atom is -0.375 e. The van der Waals surface area contributed by atoms with E-state index in [-0.39, 0.29) is 6.10 Å². The molecule has 0 saturated carbocycles. The Morgan fingerprint density at radius 3 is 2.75 bits per heavy atom. The second kappa shape index (κ2) is 11.3. The quantitative estimate of drug-likeness (QED) is 0.514. The van der Waals surface area contributed by atoms with Gasteiger partial charge >= 0.3 is 0 Å². The summed E-state index contributed by atoms with van der Waals surface area (Å²) in [5.41, 5.74) is 2.52. The van der Waals surface area contributed by atoms with Crippen LogP contribution >= 0.6 is 0 Å². The summed E-state index contributed by atoms with van der Waals surface area (Å²) in [4.78, 5) is 13.9. The lowest BCUT2D eigenvalue weighted by Gasteiger charge is -2.32. The van der Waals surface area contributed by atoms with Crippen molar-refractivity contribution >= 4 is 11.8 Å². The van der Waals surface area contributed by atoms with Gasteiger partial charge in [-0.15, -0.1) is 0 Å². The molecule has 1 aromatic carbocycles. The summed E-state index contributed by atoms with van der Waals surface area (Å²) in [6.45, 7) is 8.43. The van der Waals surface area contributed by atoms with E-state index in [4.69, 9.17) is 4.74 Å². The lowest BCUT2D eigenvalue weighted by Crippen LogP contribution is -2.44. The highest BCUT2D eigenvalue weighted by molar-refractivity contribution is 5.79. The average molecular weight is 437 g/mol. The molecule has 2 aromatic rings. The van der Waals surface area contributed by atoms with Gasteiger partial charge in [0.2, 0.25) is 0 Å². The molecule has 7 nitrogen and oxygen atoms in total. The van der Waals surface area contributed by atoms with E-state index in [0.717, 1.165) is 56.7 Å². The molecular weight excluding hydrogens is 400 g/mol. The summed E-state index contributed by atoms with van der Waals surface area (Å²) in [5, 5.41) is 6.95. The molecule has 4 rings (SSSR count). The van der Waals surface area contributed by atoms with E-state index in [1.165, 1.54) is 18.4 Å². The molecule has 0 bridgehead atoms. The number of hydrogen-bond donors (Lipinski definition) is 2. The number of rotatable bonds is 7. The standard InChI is InChI=1S/C25H36N6O/c1-20-18-31(13-14-32-20)24-11-10-22(15-27-24)16-28-25(26-2)29-17-23-9-6-12-30(23)19-21-7-4-3-5-8-21/h3-5,7-8,10-11,15,20,23H,6,9,12-14,16-19H2,1-2H3,(H2,26,28,29). The van der Waals surface area contributed by atoms with E-state index in [0.29, 0.717) is 12.6 Å². The maximum atomic E-state index is 5.62. The molecule has 2 saturated heterocycles. The summed E-state index contributed by atoms with van der Waals surface area (Å²) < 4.78 is 5.62. The number of pyridine rings is 1. The summed E-state index contributed by atoms with van der Waals surface area (Å²) in [5.74, 6) is 1.86. The first-order chi connectivity index (χ1) is 15.7. The Kier molecular flexibility index (Phi) is 7.96. The third-order valence-corrected chi connectivity index (χ3v) is 6.29. The number of hydrogen-bond acceptors (Lipinski definition) is 5. The van der Waals surface area contributed by atoms with Gasteiger partial charge in [0.15, 0.2) is 5.96 Å². The van der Waals surface area contributed by atoms with Gasteiger partial charge in [-0.1, -0.05) is 36.4 Å². The van der Waals surface area contributed by atoms with Crippen LogP contribution < -0.4 is 15.5 Å². The van der Waals surface area contributed by atoms with Gasteiger partial charge < -0.3 is 20.3 Å². The van der Waals surface area contributed by atoms with Crippen LogP contribution in [0.3, 0.4) is 0 Å². The number of nitrogens with zero attached hydrogens (tertiary/aromatic N) is 4. The van der Waals surface area contributed by atoms with Crippen LogP contribution in [0, 0.1) is 0 Å². The molecule has 3 heterocycles. The first kappa shape index (κ1) is 22.6. The number of aromatic nitrogens is 1. The maximum absolute atomic E-state index is 5.62. The van der Waals surface area contributed by atoms with Crippen LogP contribution in [0.5, 0.6) is 0 Å². The molecule has 2 aliphatic heterocycles. The Bertz CT molecular complexity index is 856. The van der Waals surface area contributed by atoms with Crippen molar-refractivity contribution in [1.82, 2.24) is 20.5 Å². The second-order valence-electron chi connectivity index (χ2n) is 8.71. The van der Waals surface area contributed by atoms with Crippen LogP contribution in [-0.4, -0.2) is 67.8 Å². The molecule has 2 unspecified atom stereocenters. The predicted molar refractivity (Wildman–Crippen MR) is 130 cm³/mol. The minimum absolute atomic E-state index is 0.254. The van der Waals surface area contributed by atoms with Crippen LogP contribution in [0.4, 0.5) is 5.82 Å². The summed E-state index contributed by atoms with van der Waals surface area (Å²) in [6.07, 6.45) is 4.69. The molecule has 32 heavy (non-hydrogen) atoms. The van der Waals surface area contributed by atoms with Crippen LogP contribution in [0.1, 0.15) is 30.9 Å². The fraction of sp³-hybridized carbons (Fsp3) is 0.520. The van der Waals surface area contributed by atoms with Gasteiger partial charge in [0.05, 0.1) is 12.7 Å². The van der Waals surface area contributed by atoms with E-state index < -0.39 is 0 Å². The highest BCUT2D eigenvalue weighted by atomic mass is 16.5. The molecule has 2 aliphatic rings. The van der Waals surface area contributed by atoms with E-state index in [2.05, 4.69) is 79.8 Å². The first-order valence-corrected chi connectivity index (χ1v) is 11.8. The van der Waals surface area contributed by atoms with Crippen molar-refractivity contribution in [3.63, 3.8) is 0 Å². The van der Waals surface area contributed by atoms with E-state index >= 15 is 0 Å². The number of aliphatic imine (C=N–C) groups is 1. The number of ether oxygens (including phenoxy) is 1. The van der Waals surface area contributed by atoms with Crippen molar-refractivity contribution in [2.75, 3.05) is 44.7 Å². The smallest absolute Gasteiger partial charge is 0.191 e.